The average Bonchev–Trinajstić information content (AvgIpc) is 2.70. The standard InChI is InChI=1S/C20H27F3N2O5/c1-2-29-18(27)16(12-11-14-8-4-3-5-9-14)30-17(26)15(24)10-6-7-13-25-19(28)20(21,22)23/h3-5,8-9,15-16H,2,6-7,10-13,24H2,1H3,(H,25,28)/t15-,16?/m0/s1. The Morgan fingerprint density at radius 1 is 1.07 bits per heavy atom. The molecule has 2 atom stereocenters. The van der Waals surface area contributed by atoms with Crippen molar-refractivity contribution in [3.05, 3.63) is 35.9 Å². The summed E-state index contributed by atoms with van der Waals surface area (Å²) < 4.78 is 46.4. The number of aryl methyl sites for hydroxylation is 1. The predicted octanol–water partition coefficient (Wildman–Crippen LogP) is 2.27. The molecule has 0 bridgehead atoms. The van der Waals surface area contributed by atoms with Gasteiger partial charge in [0.1, 0.15) is 6.04 Å². The SMILES string of the molecule is CCOC(=O)C(CCc1ccccc1)OC(=O)[C@@H](N)CCCCNC(=O)C(F)(F)F. The number of carbonyl (C=O) groups excluding carboxylic acids is 3. The number of carbonyl (C=O) groups is 3. The van der Waals surface area contributed by atoms with Crippen LogP contribution in [0.1, 0.15) is 38.2 Å². The van der Waals surface area contributed by atoms with E-state index < -0.39 is 36.2 Å². The molecule has 1 unspecified atom stereocenters. The molecule has 7 nitrogen and oxygen atoms in total. The van der Waals surface area contributed by atoms with Crippen molar-refractivity contribution in [1.82, 2.24) is 5.32 Å². The van der Waals surface area contributed by atoms with Gasteiger partial charge >= 0.3 is 24.0 Å². The summed E-state index contributed by atoms with van der Waals surface area (Å²) in [5, 5.41) is 1.74. The van der Waals surface area contributed by atoms with Gasteiger partial charge in [0.2, 0.25) is 0 Å². The van der Waals surface area contributed by atoms with E-state index in [1.165, 1.54) is 0 Å². The van der Waals surface area contributed by atoms with Crippen LogP contribution in [0, 0.1) is 0 Å². The van der Waals surface area contributed by atoms with Gasteiger partial charge in [0.05, 0.1) is 6.61 Å². The van der Waals surface area contributed by atoms with Crippen molar-refractivity contribution in [3.8, 4) is 0 Å². The van der Waals surface area contributed by atoms with E-state index >= 15 is 0 Å². The Hall–Kier alpha value is -2.62. The Morgan fingerprint density at radius 2 is 1.73 bits per heavy atom. The number of amides is 1. The Labute approximate surface area is 173 Å². The van der Waals surface area contributed by atoms with Crippen LogP contribution in [0.2, 0.25) is 0 Å². The number of hydrogen-bond acceptors (Lipinski definition) is 6. The van der Waals surface area contributed by atoms with Gasteiger partial charge in [-0.05, 0) is 44.6 Å². The van der Waals surface area contributed by atoms with Crippen LogP contribution in [0.15, 0.2) is 30.3 Å². The van der Waals surface area contributed by atoms with Crippen molar-refractivity contribution in [1.29, 1.82) is 0 Å². The molecule has 0 fully saturated rings. The van der Waals surface area contributed by atoms with Gasteiger partial charge in [-0.25, -0.2) is 4.79 Å². The van der Waals surface area contributed by atoms with Gasteiger partial charge in [-0.2, -0.15) is 13.2 Å². The van der Waals surface area contributed by atoms with Gasteiger partial charge in [0, 0.05) is 6.54 Å². The Morgan fingerprint density at radius 3 is 2.33 bits per heavy atom. The predicted molar refractivity (Wildman–Crippen MR) is 102 cm³/mol. The first-order chi connectivity index (χ1) is 14.1. The quantitative estimate of drug-likeness (QED) is 0.388. The zero-order valence-corrected chi connectivity index (χ0v) is 16.7. The number of ether oxygens (including phenoxy) is 2. The molecule has 10 heteroatoms. The number of alkyl halides is 3. The summed E-state index contributed by atoms with van der Waals surface area (Å²) >= 11 is 0. The Bertz CT molecular complexity index is 683. The lowest BCUT2D eigenvalue weighted by atomic mass is 10.1. The van der Waals surface area contributed by atoms with E-state index in [0.29, 0.717) is 12.8 Å². The fraction of sp³-hybridized carbons (Fsp3) is 0.550. The molecular formula is C20H27F3N2O5. The minimum Gasteiger partial charge on any atom is -0.463 e. The third-order valence-electron chi connectivity index (χ3n) is 4.13. The second-order valence-corrected chi connectivity index (χ2v) is 6.56. The maximum absolute atomic E-state index is 12.2. The molecule has 0 saturated carbocycles. The lowest BCUT2D eigenvalue weighted by molar-refractivity contribution is -0.173. The number of nitrogens with two attached hydrogens (primary N) is 1. The topological polar surface area (TPSA) is 108 Å². The van der Waals surface area contributed by atoms with Crippen molar-refractivity contribution in [2.24, 2.45) is 5.73 Å². The van der Waals surface area contributed by atoms with Gasteiger partial charge in [0.15, 0.2) is 6.10 Å². The summed E-state index contributed by atoms with van der Waals surface area (Å²) in [6.45, 7) is 1.58. The molecule has 0 aliphatic heterocycles. The van der Waals surface area contributed by atoms with Crippen LogP contribution < -0.4 is 11.1 Å². The van der Waals surface area contributed by atoms with E-state index in [9.17, 15) is 27.6 Å². The molecule has 30 heavy (non-hydrogen) atoms. The molecule has 0 saturated heterocycles. The van der Waals surface area contributed by atoms with Crippen molar-refractivity contribution in [2.75, 3.05) is 13.2 Å². The van der Waals surface area contributed by atoms with Crippen LogP contribution in [0.4, 0.5) is 13.2 Å². The molecule has 168 valence electrons. The van der Waals surface area contributed by atoms with Crippen molar-refractivity contribution >= 4 is 17.8 Å². The average molecular weight is 432 g/mol. The monoisotopic (exact) mass is 432 g/mol. The molecule has 0 aromatic heterocycles. The third-order valence-corrected chi connectivity index (χ3v) is 4.13. The smallest absolute Gasteiger partial charge is 0.463 e. The summed E-state index contributed by atoms with van der Waals surface area (Å²) in [5.74, 6) is -3.47. The minimum atomic E-state index is -4.93. The Kier molecular flexibility index (Phi) is 10.9. The van der Waals surface area contributed by atoms with Crippen molar-refractivity contribution in [3.63, 3.8) is 0 Å². The summed E-state index contributed by atoms with van der Waals surface area (Å²) in [6.07, 6.45) is -4.68. The van der Waals surface area contributed by atoms with E-state index in [0.717, 1.165) is 5.56 Å². The molecule has 0 aliphatic carbocycles. The first kappa shape index (κ1) is 25.4. The highest BCUT2D eigenvalue weighted by molar-refractivity contribution is 5.82. The number of esters is 2. The van der Waals surface area contributed by atoms with Gasteiger partial charge < -0.3 is 20.5 Å². The molecule has 1 rings (SSSR count). The zero-order valence-electron chi connectivity index (χ0n) is 16.7. The van der Waals surface area contributed by atoms with E-state index in [4.69, 9.17) is 15.2 Å². The first-order valence-electron chi connectivity index (χ1n) is 9.66. The van der Waals surface area contributed by atoms with Gasteiger partial charge in [-0.3, -0.25) is 9.59 Å². The van der Waals surface area contributed by atoms with Gasteiger partial charge in [-0.1, -0.05) is 30.3 Å². The highest BCUT2D eigenvalue weighted by Gasteiger charge is 2.38. The van der Waals surface area contributed by atoms with Crippen LogP contribution in [0.3, 0.4) is 0 Å². The van der Waals surface area contributed by atoms with Crippen LogP contribution >= 0.6 is 0 Å². The van der Waals surface area contributed by atoms with Crippen LogP contribution in [0.5, 0.6) is 0 Å². The largest absolute Gasteiger partial charge is 0.471 e. The number of hydrogen-bond donors (Lipinski definition) is 2. The van der Waals surface area contributed by atoms with Crippen molar-refractivity contribution in [2.45, 2.75) is 57.3 Å². The van der Waals surface area contributed by atoms with Gasteiger partial charge in [0.25, 0.3) is 0 Å². The molecule has 0 radical (unpaired) electrons. The van der Waals surface area contributed by atoms with Crippen molar-refractivity contribution < 1.29 is 37.0 Å². The molecule has 0 heterocycles. The molecule has 0 aliphatic rings. The minimum absolute atomic E-state index is 0.133. The third kappa shape index (κ3) is 9.73. The lowest BCUT2D eigenvalue weighted by Gasteiger charge is -2.19. The summed E-state index contributed by atoms with van der Waals surface area (Å²) in [6, 6.07) is 8.29. The van der Waals surface area contributed by atoms with E-state index in [1.807, 2.05) is 30.3 Å². The number of nitrogens with one attached hydrogen (secondary N) is 1. The maximum atomic E-state index is 12.2. The van der Waals surface area contributed by atoms with Gasteiger partial charge in [-0.15, -0.1) is 0 Å². The highest BCUT2D eigenvalue weighted by atomic mass is 19.4. The second kappa shape index (κ2) is 12.8. The summed E-state index contributed by atoms with van der Waals surface area (Å²) in [5.41, 5.74) is 6.73. The fourth-order valence-corrected chi connectivity index (χ4v) is 2.54. The molecule has 1 amide bonds. The van der Waals surface area contributed by atoms with Crippen LogP contribution in [-0.2, 0) is 30.3 Å². The first-order valence-corrected chi connectivity index (χ1v) is 9.66. The molecule has 1 aromatic carbocycles. The molecule has 0 spiro atoms. The maximum Gasteiger partial charge on any atom is 0.471 e. The summed E-state index contributed by atoms with van der Waals surface area (Å²) in [7, 11) is 0. The zero-order chi connectivity index (χ0) is 22.6. The van der Waals surface area contributed by atoms with E-state index in [2.05, 4.69) is 0 Å². The number of rotatable bonds is 12. The number of halogens is 3. The Balaban J connectivity index is 2.44. The number of unbranched alkanes of at least 4 members (excludes halogenated alkanes) is 1. The van der Waals surface area contributed by atoms with Crippen LogP contribution in [0.25, 0.3) is 0 Å². The van der Waals surface area contributed by atoms with Crippen LogP contribution in [-0.4, -0.2) is 49.3 Å². The number of benzene rings is 1. The molecular weight excluding hydrogens is 405 g/mol. The van der Waals surface area contributed by atoms with E-state index in [-0.39, 0.29) is 32.4 Å². The molecule has 1 aromatic rings. The normalized spacial score (nSPS) is 13.2. The fourth-order valence-electron chi connectivity index (χ4n) is 2.54. The summed E-state index contributed by atoms with van der Waals surface area (Å²) in [4.78, 5) is 35.0. The lowest BCUT2D eigenvalue weighted by Crippen LogP contribution is -2.39. The second-order valence-electron chi connectivity index (χ2n) is 6.56. The highest BCUT2D eigenvalue weighted by Crippen LogP contribution is 2.14. The van der Waals surface area contributed by atoms with E-state index in [1.54, 1.807) is 12.2 Å². The molecule has 3 N–H and O–H groups in total.